The number of nitrogens with zero attached hydrogens (tertiary/aromatic N) is 1. The Kier molecular flexibility index (Phi) is 3.12. The lowest BCUT2D eigenvalue weighted by Gasteiger charge is -2.17. The van der Waals surface area contributed by atoms with Crippen LogP contribution in [0.5, 0.6) is 0 Å². The summed E-state index contributed by atoms with van der Waals surface area (Å²) < 4.78 is 0. The average molecular weight is 312 g/mol. The molecule has 110 valence electrons. The fourth-order valence-corrected chi connectivity index (χ4v) is 3.44. The maximum absolute atomic E-state index is 11.8. The molecule has 2 N–H and O–H groups in total. The molecule has 1 aliphatic carbocycles. The molecule has 0 saturated carbocycles. The lowest BCUT2D eigenvalue weighted by molar-refractivity contribution is 0.763. The monoisotopic (exact) mass is 311 g/mol. The Bertz CT molecular complexity index is 919. The van der Waals surface area contributed by atoms with Crippen molar-refractivity contribution in [3.05, 3.63) is 69.2 Å². The molecule has 1 aromatic carbocycles. The molecule has 0 fully saturated rings. The predicted molar refractivity (Wildman–Crippen MR) is 88.5 cm³/mol. The third-order valence-corrected chi connectivity index (χ3v) is 4.54. The smallest absolute Gasteiger partial charge is 0.250 e. The molecule has 2 heterocycles. The van der Waals surface area contributed by atoms with Crippen LogP contribution in [0, 0.1) is 0 Å². The summed E-state index contributed by atoms with van der Waals surface area (Å²) in [5.41, 5.74) is 3.89. The molecule has 1 atom stereocenters. The summed E-state index contributed by atoms with van der Waals surface area (Å²) in [6, 6.07) is 9.56. The van der Waals surface area contributed by atoms with Crippen molar-refractivity contribution in [3.8, 4) is 0 Å². The zero-order valence-corrected chi connectivity index (χ0v) is 12.5. The number of H-pyrrole nitrogens is 1. The van der Waals surface area contributed by atoms with Gasteiger partial charge < -0.3 is 10.3 Å². The van der Waals surface area contributed by atoms with Crippen molar-refractivity contribution in [3.63, 3.8) is 0 Å². The minimum atomic E-state index is -0.120. The van der Waals surface area contributed by atoms with E-state index in [0.717, 1.165) is 34.5 Å². The van der Waals surface area contributed by atoms with Crippen molar-refractivity contribution in [2.24, 2.45) is 0 Å². The van der Waals surface area contributed by atoms with Crippen LogP contribution in [0.15, 0.2) is 47.5 Å². The Morgan fingerprint density at radius 2 is 2.23 bits per heavy atom. The summed E-state index contributed by atoms with van der Waals surface area (Å²) in [5, 5.41) is 5.22. The Balaban J connectivity index is 1.77. The molecule has 0 amide bonds. The maximum atomic E-state index is 11.8. The molecule has 22 heavy (non-hydrogen) atoms. The number of anilines is 1. The summed E-state index contributed by atoms with van der Waals surface area (Å²) in [7, 11) is 0. The highest BCUT2D eigenvalue weighted by molar-refractivity contribution is 6.31. The van der Waals surface area contributed by atoms with Crippen LogP contribution < -0.4 is 10.9 Å². The number of nitrogens with one attached hydrogen (secondary N) is 2. The summed E-state index contributed by atoms with van der Waals surface area (Å²) in [6.45, 7) is 0. The first-order chi connectivity index (χ1) is 10.7. The Morgan fingerprint density at radius 3 is 3.14 bits per heavy atom. The molecule has 4 nitrogen and oxygen atoms in total. The van der Waals surface area contributed by atoms with Gasteiger partial charge >= 0.3 is 0 Å². The van der Waals surface area contributed by atoms with Gasteiger partial charge in [-0.1, -0.05) is 23.7 Å². The first kappa shape index (κ1) is 13.3. The van der Waals surface area contributed by atoms with Crippen molar-refractivity contribution in [2.75, 3.05) is 5.32 Å². The fraction of sp³-hybridized carbons (Fsp3) is 0.176. The van der Waals surface area contributed by atoms with Gasteiger partial charge in [-0.15, -0.1) is 0 Å². The molecule has 1 aliphatic rings. The minimum Gasteiger partial charge on any atom is -0.377 e. The van der Waals surface area contributed by atoms with Crippen molar-refractivity contribution >= 4 is 28.2 Å². The van der Waals surface area contributed by atoms with Crippen LogP contribution in [0.25, 0.3) is 10.9 Å². The van der Waals surface area contributed by atoms with Crippen LogP contribution in [0.4, 0.5) is 5.69 Å². The van der Waals surface area contributed by atoms with Gasteiger partial charge in [0.25, 0.3) is 0 Å². The van der Waals surface area contributed by atoms with E-state index in [0.29, 0.717) is 0 Å². The summed E-state index contributed by atoms with van der Waals surface area (Å²) in [6.07, 6.45) is 5.35. The number of benzene rings is 1. The van der Waals surface area contributed by atoms with E-state index < -0.39 is 0 Å². The number of rotatable bonds is 2. The van der Waals surface area contributed by atoms with E-state index in [1.54, 1.807) is 24.5 Å². The lowest BCUT2D eigenvalue weighted by atomic mass is 10.1. The van der Waals surface area contributed by atoms with Crippen LogP contribution in [0.2, 0.25) is 5.02 Å². The van der Waals surface area contributed by atoms with Gasteiger partial charge in [0.05, 0.1) is 17.2 Å². The van der Waals surface area contributed by atoms with E-state index in [4.69, 9.17) is 11.6 Å². The number of fused-ring (bicyclic) bond motifs is 2. The minimum absolute atomic E-state index is 0.120. The quantitative estimate of drug-likeness (QED) is 0.759. The van der Waals surface area contributed by atoms with Gasteiger partial charge in [-0.3, -0.25) is 9.78 Å². The number of halogens is 1. The maximum Gasteiger partial charge on any atom is 0.250 e. The van der Waals surface area contributed by atoms with E-state index in [-0.39, 0.29) is 11.6 Å². The first-order valence-corrected chi connectivity index (χ1v) is 7.61. The van der Waals surface area contributed by atoms with E-state index in [9.17, 15) is 4.79 Å². The van der Waals surface area contributed by atoms with Gasteiger partial charge in [0.2, 0.25) is 5.56 Å². The summed E-state index contributed by atoms with van der Waals surface area (Å²) >= 11 is 6.27. The molecule has 0 spiro atoms. The lowest BCUT2D eigenvalue weighted by Crippen LogP contribution is -2.12. The molecule has 0 aliphatic heterocycles. The number of aromatic nitrogens is 2. The van der Waals surface area contributed by atoms with Crippen LogP contribution >= 0.6 is 11.6 Å². The molecular weight excluding hydrogens is 298 g/mol. The van der Waals surface area contributed by atoms with E-state index in [1.807, 2.05) is 12.1 Å². The average Bonchev–Trinajstić information content (AvgIpc) is 2.92. The Labute approximate surface area is 132 Å². The molecular formula is C17H14ClN3O. The fourth-order valence-electron chi connectivity index (χ4n) is 3.16. The Hall–Kier alpha value is -2.33. The van der Waals surface area contributed by atoms with Crippen molar-refractivity contribution in [1.82, 2.24) is 9.97 Å². The van der Waals surface area contributed by atoms with Crippen molar-refractivity contribution in [1.29, 1.82) is 0 Å². The van der Waals surface area contributed by atoms with Gasteiger partial charge in [0, 0.05) is 28.9 Å². The van der Waals surface area contributed by atoms with Gasteiger partial charge in [-0.2, -0.15) is 0 Å². The van der Waals surface area contributed by atoms with Gasteiger partial charge in [0.1, 0.15) is 0 Å². The largest absolute Gasteiger partial charge is 0.377 e. The second-order valence-electron chi connectivity index (χ2n) is 5.51. The first-order valence-electron chi connectivity index (χ1n) is 7.23. The molecule has 4 rings (SSSR count). The standard InChI is InChI=1S/C17H14ClN3O/c18-13-3-1-2-11-10(13)4-5-14(11)20-16-8-17(22)21-15-6-7-19-9-12(15)16/h1-3,6-9,14H,4-5H2,(H2,20,21,22)/t14-/m0/s1. The highest BCUT2D eigenvalue weighted by Crippen LogP contribution is 2.38. The van der Waals surface area contributed by atoms with Crippen LogP contribution in [0.1, 0.15) is 23.6 Å². The van der Waals surface area contributed by atoms with Gasteiger partial charge in [-0.05, 0) is 36.1 Å². The van der Waals surface area contributed by atoms with Crippen LogP contribution in [-0.2, 0) is 6.42 Å². The normalized spacial score (nSPS) is 16.7. The molecule has 0 bridgehead atoms. The van der Waals surface area contributed by atoms with E-state index in [2.05, 4.69) is 21.4 Å². The second-order valence-corrected chi connectivity index (χ2v) is 5.92. The van der Waals surface area contributed by atoms with Crippen molar-refractivity contribution < 1.29 is 0 Å². The van der Waals surface area contributed by atoms with Gasteiger partial charge in [0.15, 0.2) is 0 Å². The number of hydrogen-bond acceptors (Lipinski definition) is 3. The van der Waals surface area contributed by atoms with Crippen molar-refractivity contribution in [2.45, 2.75) is 18.9 Å². The third kappa shape index (κ3) is 2.16. The molecule has 2 aromatic heterocycles. The van der Waals surface area contributed by atoms with Crippen LogP contribution in [0.3, 0.4) is 0 Å². The number of hydrogen-bond donors (Lipinski definition) is 2. The zero-order valence-electron chi connectivity index (χ0n) is 11.8. The molecule has 0 radical (unpaired) electrons. The second kappa shape index (κ2) is 5.14. The summed E-state index contributed by atoms with van der Waals surface area (Å²) in [5.74, 6) is 0. The molecule has 0 unspecified atom stereocenters. The predicted octanol–water partition coefficient (Wildman–Crippen LogP) is 3.68. The molecule has 0 saturated heterocycles. The topological polar surface area (TPSA) is 57.8 Å². The van der Waals surface area contributed by atoms with E-state index >= 15 is 0 Å². The van der Waals surface area contributed by atoms with Crippen LogP contribution in [-0.4, -0.2) is 9.97 Å². The highest BCUT2D eigenvalue weighted by atomic mass is 35.5. The van der Waals surface area contributed by atoms with E-state index in [1.165, 1.54) is 11.1 Å². The van der Waals surface area contributed by atoms with Gasteiger partial charge in [-0.25, -0.2) is 0 Å². The number of aromatic amines is 1. The zero-order chi connectivity index (χ0) is 15.1. The molecule has 3 aromatic rings. The SMILES string of the molecule is O=c1cc(N[C@H]2CCc3c(Cl)cccc32)c2cnccc2[nH]1. The third-order valence-electron chi connectivity index (χ3n) is 4.19. The summed E-state index contributed by atoms with van der Waals surface area (Å²) in [4.78, 5) is 18.8. The Morgan fingerprint density at radius 1 is 1.32 bits per heavy atom. The number of pyridine rings is 2. The molecule has 5 heteroatoms. The highest BCUT2D eigenvalue weighted by Gasteiger charge is 2.24.